The Morgan fingerprint density at radius 1 is 1.10 bits per heavy atom. The minimum absolute atomic E-state index is 0. The third kappa shape index (κ3) is 4.93. The SMILES string of the molecule is C.C[C@H](NC(=O)c1c(N)nn2cccnc12)c1c(Br)c2cccc(C#Cc3cnn(C)c3)c2c(=O)n1-c1ccccc1. The number of carbonyl (C=O) groups is 1. The number of nitrogens with one attached hydrogen (secondary N) is 1. The van der Waals surface area contributed by atoms with Gasteiger partial charge in [0.05, 0.1) is 28.9 Å². The van der Waals surface area contributed by atoms with E-state index in [0.29, 0.717) is 37.8 Å². The van der Waals surface area contributed by atoms with Crippen molar-refractivity contribution in [3.63, 3.8) is 0 Å². The molecule has 6 aromatic rings. The van der Waals surface area contributed by atoms with Gasteiger partial charge in [0.25, 0.3) is 11.5 Å². The van der Waals surface area contributed by atoms with Gasteiger partial charge in [-0.1, -0.05) is 49.6 Å². The first kappa shape index (κ1) is 28.3. The number of amides is 1. The molecule has 0 bridgehead atoms. The van der Waals surface area contributed by atoms with E-state index in [4.69, 9.17) is 5.73 Å². The van der Waals surface area contributed by atoms with Crippen molar-refractivity contribution < 1.29 is 4.79 Å². The third-order valence-corrected chi connectivity index (χ3v) is 7.49. The fourth-order valence-corrected chi connectivity index (χ4v) is 5.68. The smallest absolute Gasteiger partial charge is 0.264 e. The summed E-state index contributed by atoms with van der Waals surface area (Å²) in [6.45, 7) is 1.81. The summed E-state index contributed by atoms with van der Waals surface area (Å²) in [7, 11) is 1.82. The van der Waals surface area contributed by atoms with Crippen LogP contribution in [0.1, 0.15) is 47.6 Å². The Kier molecular flexibility index (Phi) is 7.65. The molecule has 11 heteroatoms. The van der Waals surface area contributed by atoms with Gasteiger partial charge in [0.1, 0.15) is 5.56 Å². The number of benzene rings is 2. The van der Waals surface area contributed by atoms with Crippen LogP contribution in [0.5, 0.6) is 0 Å². The summed E-state index contributed by atoms with van der Waals surface area (Å²) in [6.07, 6.45) is 6.72. The summed E-state index contributed by atoms with van der Waals surface area (Å²) in [5.41, 5.74) is 8.84. The molecule has 0 unspecified atom stereocenters. The zero-order valence-corrected chi connectivity index (χ0v) is 23.6. The highest BCUT2D eigenvalue weighted by Crippen LogP contribution is 2.33. The molecule has 210 valence electrons. The van der Waals surface area contributed by atoms with E-state index < -0.39 is 11.9 Å². The monoisotopic (exact) mass is 622 g/mol. The number of nitrogens with two attached hydrogens (primary N) is 1. The molecular weight excluding hydrogens is 596 g/mol. The van der Waals surface area contributed by atoms with E-state index in [2.05, 4.69) is 48.3 Å². The maximum absolute atomic E-state index is 14.3. The van der Waals surface area contributed by atoms with Gasteiger partial charge in [-0.25, -0.2) is 9.50 Å². The summed E-state index contributed by atoms with van der Waals surface area (Å²) in [5.74, 6) is 5.85. The van der Waals surface area contributed by atoms with Gasteiger partial charge in [-0.15, -0.1) is 5.10 Å². The number of hydrogen-bond donors (Lipinski definition) is 2. The Morgan fingerprint density at radius 3 is 2.62 bits per heavy atom. The van der Waals surface area contributed by atoms with Crippen LogP contribution in [-0.2, 0) is 7.05 Å². The summed E-state index contributed by atoms with van der Waals surface area (Å²) < 4.78 is 5.38. The number of fused-ring (bicyclic) bond motifs is 2. The van der Waals surface area contributed by atoms with Crippen LogP contribution in [0.15, 0.2) is 88.7 Å². The first-order valence-electron chi connectivity index (χ1n) is 12.7. The Labute approximate surface area is 249 Å². The van der Waals surface area contributed by atoms with E-state index in [9.17, 15) is 9.59 Å². The van der Waals surface area contributed by atoms with Gasteiger partial charge < -0.3 is 11.1 Å². The zero-order chi connectivity index (χ0) is 28.7. The van der Waals surface area contributed by atoms with Gasteiger partial charge in [0.2, 0.25) is 0 Å². The largest absolute Gasteiger partial charge is 0.381 e. The molecule has 1 atom stereocenters. The quantitative estimate of drug-likeness (QED) is 0.276. The van der Waals surface area contributed by atoms with Crippen molar-refractivity contribution in [3.05, 3.63) is 117 Å². The van der Waals surface area contributed by atoms with Gasteiger partial charge in [-0.2, -0.15) is 5.10 Å². The zero-order valence-electron chi connectivity index (χ0n) is 22.0. The van der Waals surface area contributed by atoms with Crippen molar-refractivity contribution in [2.24, 2.45) is 7.05 Å². The van der Waals surface area contributed by atoms with Crippen molar-refractivity contribution >= 4 is 44.1 Å². The van der Waals surface area contributed by atoms with Crippen LogP contribution < -0.4 is 16.6 Å². The lowest BCUT2D eigenvalue weighted by atomic mass is 10.0. The molecule has 0 aliphatic carbocycles. The third-order valence-electron chi connectivity index (χ3n) is 6.65. The molecule has 2 aromatic carbocycles. The molecule has 4 aromatic heterocycles. The molecule has 1 amide bonds. The van der Waals surface area contributed by atoms with Gasteiger partial charge >= 0.3 is 0 Å². The van der Waals surface area contributed by atoms with Gasteiger partial charge in [-0.3, -0.25) is 18.8 Å². The fourth-order valence-electron chi connectivity index (χ4n) is 4.83. The first-order chi connectivity index (χ1) is 19.8. The number of rotatable bonds is 4. The van der Waals surface area contributed by atoms with Crippen LogP contribution in [0.3, 0.4) is 0 Å². The second kappa shape index (κ2) is 11.3. The predicted octanol–water partition coefficient (Wildman–Crippen LogP) is 4.64. The molecular formula is C31H27BrN8O2. The lowest BCUT2D eigenvalue weighted by Gasteiger charge is -2.23. The van der Waals surface area contributed by atoms with E-state index in [0.717, 1.165) is 5.56 Å². The Hall–Kier alpha value is -5.21. The maximum Gasteiger partial charge on any atom is 0.264 e. The standard InChI is InChI=1S/C30H23BrN8O2.CH4/c1-18(35-29(40)24-27(32)36-38-15-7-14-33-28(24)38)26-25(31)22-11-6-8-20(13-12-19-16-34-37(2)17-19)23(22)30(41)39(26)21-9-4-3-5-10-21;/h3-11,14-18H,1-2H3,(H2,32,36)(H,35,40);1H4/t18-;/m0./s1. The normalized spacial score (nSPS) is 11.5. The Balaban J connectivity index is 0.00000353. The number of para-hydroxylation sites is 1. The molecule has 4 heterocycles. The van der Waals surface area contributed by atoms with Crippen LogP contribution in [0.2, 0.25) is 0 Å². The van der Waals surface area contributed by atoms with Crippen LogP contribution in [-0.4, -0.2) is 34.9 Å². The van der Waals surface area contributed by atoms with Crippen molar-refractivity contribution in [3.8, 4) is 17.5 Å². The minimum Gasteiger partial charge on any atom is -0.381 e. The number of aromatic nitrogens is 6. The van der Waals surface area contributed by atoms with Crippen molar-refractivity contribution in [2.75, 3.05) is 5.73 Å². The molecule has 0 aliphatic rings. The number of carbonyl (C=O) groups excluding carboxylic acids is 1. The fraction of sp³-hybridized carbons (Fsp3) is 0.129. The average Bonchev–Trinajstić information content (AvgIpc) is 3.55. The molecule has 0 saturated heterocycles. The topological polar surface area (TPSA) is 125 Å². The molecule has 0 fully saturated rings. The second-order valence-electron chi connectivity index (χ2n) is 9.40. The number of anilines is 1. The average molecular weight is 624 g/mol. The summed E-state index contributed by atoms with van der Waals surface area (Å²) >= 11 is 3.77. The first-order valence-corrected chi connectivity index (χ1v) is 13.5. The van der Waals surface area contributed by atoms with Gasteiger partial charge in [0, 0.05) is 46.7 Å². The number of hydrogen-bond acceptors (Lipinski definition) is 6. The minimum atomic E-state index is -0.627. The maximum atomic E-state index is 14.3. The Bertz CT molecular complexity index is 2080. The summed E-state index contributed by atoms with van der Waals surface area (Å²) in [4.78, 5) is 32.1. The van der Waals surface area contributed by atoms with E-state index >= 15 is 0 Å². The van der Waals surface area contributed by atoms with Gasteiger partial charge in [-0.05, 0) is 47.1 Å². The lowest BCUT2D eigenvalue weighted by molar-refractivity contribution is 0.0941. The molecule has 0 aliphatic heterocycles. The number of halogens is 1. The van der Waals surface area contributed by atoms with E-state index in [1.165, 1.54) is 4.52 Å². The van der Waals surface area contributed by atoms with Crippen molar-refractivity contribution in [1.82, 2.24) is 34.3 Å². The molecule has 0 saturated carbocycles. The molecule has 3 N–H and O–H groups in total. The van der Waals surface area contributed by atoms with Crippen molar-refractivity contribution in [2.45, 2.75) is 20.4 Å². The summed E-state index contributed by atoms with van der Waals surface area (Å²) in [5, 5.41) is 12.5. The van der Waals surface area contributed by atoms with Crippen LogP contribution >= 0.6 is 15.9 Å². The van der Waals surface area contributed by atoms with E-state index in [-0.39, 0.29) is 24.4 Å². The molecule has 10 nitrogen and oxygen atoms in total. The Morgan fingerprint density at radius 2 is 1.88 bits per heavy atom. The highest BCUT2D eigenvalue weighted by atomic mass is 79.9. The second-order valence-corrected chi connectivity index (χ2v) is 10.2. The van der Waals surface area contributed by atoms with Crippen LogP contribution in [0.25, 0.3) is 22.1 Å². The highest BCUT2D eigenvalue weighted by molar-refractivity contribution is 9.10. The van der Waals surface area contributed by atoms with Gasteiger partial charge in [0.15, 0.2) is 11.5 Å². The van der Waals surface area contributed by atoms with Crippen LogP contribution in [0, 0.1) is 11.8 Å². The predicted molar refractivity (Wildman–Crippen MR) is 166 cm³/mol. The molecule has 0 radical (unpaired) electrons. The highest BCUT2D eigenvalue weighted by Gasteiger charge is 2.26. The number of nitrogen functional groups attached to an aromatic ring is 1. The number of aryl methyl sites for hydroxylation is 1. The van der Waals surface area contributed by atoms with Crippen LogP contribution in [0.4, 0.5) is 5.82 Å². The van der Waals surface area contributed by atoms with Crippen molar-refractivity contribution in [1.29, 1.82) is 0 Å². The summed E-state index contributed by atoms with van der Waals surface area (Å²) in [6, 6.07) is 15.9. The number of nitrogens with zero attached hydrogens (tertiary/aromatic N) is 6. The lowest BCUT2D eigenvalue weighted by Crippen LogP contribution is -2.33. The molecule has 6 rings (SSSR count). The number of pyridine rings is 1. The molecule has 0 spiro atoms. The molecule has 42 heavy (non-hydrogen) atoms. The van der Waals surface area contributed by atoms with E-state index in [1.54, 1.807) is 33.9 Å². The van der Waals surface area contributed by atoms with E-state index in [1.807, 2.05) is 68.7 Å².